The second kappa shape index (κ2) is 4.32. The lowest BCUT2D eigenvalue weighted by molar-refractivity contribution is -0.135. The number of rotatable bonds is 1. The minimum atomic E-state index is -0.888. The van der Waals surface area contributed by atoms with Gasteiger partial charge in [-0.2, -0.15) is 0 Å². The zero-order valence-corrected chi connectivity index (χ0v) is 7.37. The largest absolute Gasteiger partial charge is 0.481 e. The highest BCUT2D eigenvalue weighted by atomic mass is 16.4. The molecule has 0 unspecified atom stereocenters. The predicted molar refractivity (Wildman–Crippen MR) is 50.3 cm³/mol. The summed E-state index contributed by atoms with van der Waals surface area (Å²) in [6.07, 6.45) is -0.103. The number of hydrogen-bond acceptors (Lipinski definition) is 1. The van der Waals surface area contributed by atoms with E-state index in [1.54, 1.807) is 0 Å². The second-order valence-electron chi connectivity index (χ2n) is 2.69. The fourth-order valence-electron chi connectivity index (χ4n) is 0.928. The number of benzene rings is 1. The molecule has 0 aliphatic carbocycles. The van der Waals surface area contributed by atoms with E-state index in [1.807, 2.05) is 31.2 Å². The van der Waals surface area contributed by atoms with Crippen LogP contribution in [0.2, 0.25) is 0 Å². The highest BCUT2D eigenvalue weighted by Crippen LogP contribution is 2.04. The first kappa shape index (κ1) is 9.34. The van der Waals surface area contributed by atoms with Crippen molar-refractivity contribution in [1.82, 2.24) is 0 Å². The van der Waals surface area contributed by atoms with Crippen LogP contribution in [0.5, 0.6) is 0 Å². The van der Waals surface area contributed by atoms with Gasteiger partial charge in [0, 0.05) is 5.56 Å². The van der Waals surface area contributed by atoms with Crippen LogP contribution in [-0.2, 0) is 4.79 Å². The van der Waals surface area contributed by atoms with Crippen LogP contribution < -0.4 is 0 Å². The van der Waals surface area contributed by atoms with Crippen molar-refractivity contribution in [1.29, 1.82) is 0 Å². The van der Waals surface area contributed by atoms with Gasteiger partial charge in [-0.1, -0.05) is 30.0 Å². The molecule has 0 amide bonds. The smallest absolute Gasteiger partial charge is 0.315 e. The fraction of sp³-hybridized carbons (Fsp3) is 0.182. The minimum absolute atomic E-state index is 0.103. The van der Waals surface area contributed by atoms with Crippen molar-refractivity contribution < 1.29 is 9.90 Å². The molecule has 0 aliphatic heterocycles. The maximum Gasteiger partial charge on any atom is 0.315 e. The van der Waals surface area contributed by atoms with E-state index >= 15 is 0 Å². The van der Waals surface area contributed by atoms with E-state index in [4.69, 9.17) is 5.11 Å². The summed E-state index contributed by atoms with van der Waals surface area (Å²) in [7, 11) is 0. The Morgan fingerprint density at radius 1 is 1.46 bits per heavy atom. The number of carboxylic acid groups (broad SMARTS) is 1. The van der Waals surface area contributed by atoms with Gasteiger partial charge in [0.15, 0.2) is 0 Å². The quantitative estimate of drug-likeness (QED) is 0.659. The Hall–Kier alpha value is -1.75. The summed E-state index contributed by atoms with van der Waals surface area (Å²) in [5, 5.41) is 8.36. The van der Waals surface area contributed by atoms with E-state index in [1.165, 1.54) is 0 Å². The maximum absolute atomic E-state index is 10.2. The van der Waals surface area contributed by atoms with Crippen LogP contribution in [0.3, 0.4) is 0 Å². The topological polar surface area (TPSA) is 37.3 Å². The van der Waals surface area contributed by atoms with Gasteiger partial charge in [-0.25, -0.2) is 0 Å². The maximum atomic E-state index is 10.2. The standard InChI is InChI=1S/C11H10O2/c1-9-5-2-3-6-10(9)7-4-8-11(12)13/h2-3,5-6H,8H2,1H3,(H,12,13). The molecule has 0 radical (unpaired) electrons. The normalized spacial score (nSPS) is 8.69. The molecular weight excluding hydrogens is 164 g/mol. The van der Waals surface area contributed by atoms with Crippen molar-refractivity contribution in [2.75, 3.05) is 0 Å². The molecule has 0 atom stereocenters. The van der Waals surface area contributed by atoms with Crippen LogP contribution in [0.4, 0.5) is 0 Å². The summed E-state index contributed by atoms with van der Waals surface area (Å²) < 4.78 is 0. The number of hydrogen-bond donors (Lipinski definition) is 1. The number of carboxylic acids is 1. The van der Waals surface area contributed by atoms with E-state index in [-0.39, 0.29) is 6.42 Å². The molecule has 0 spiro atoms. The fourth-order valence-corrected chi connectivity index (χ4v) is 0.928. The first-order chi connectivity index (χ1) is 6.20. The van der Waals surface area contributed by atoms with Gasteiger partial charge < -0.3 is 5.11 Å². The Kier molecular flexibility index (Phi) is 3.10. The third kappa shape index (κ3) is 3.00. The monoisotopic (exact) mass is 174 g/mol. The Morgan fingerprint density at radius 3 is 2.77 bits per heavy atom. The molecule has 0 fully saturated rings. The summed E-state index contributed by atoms with van der Waals surface area (Å²) in [4.78, 5) is 10.2. The summed E-state index contributed by atoms with van der Waals surface area (Å²) >= 11 is 0. The van der Waals surface area contributed by atoms with Crippen molar-refractivity contribution in [3.63, 3.8) is 0 Å². The Morgan fingerprint density at radius 2 is 2.15 bits per heavy atom. The molecule has 0 saturated heterocycles. The van der Waals surface area contributed by atoms with Gasteiger partial charge in [-0.05, 0) is 18.6 Å². The van der Waals surface area contributed by atoms with Gasteiger partial charge in [-0.15, -0.1) is 0 Å². The highest BCUT2D eigenvalue weighted by molar-refractivity contribution is 5.70. The highest BCUT2D eigenvalue weighted by Gasteiger charge is 1.91. The average Bonchev–Trinajstić information content (AvgIpc) is 2.08. The minimum Gasteiger partial charge on any atom is -0.481 e. The van der Waals surface area contributed by atoms with Gasteiger partial charge in [0.05, 0.1) is 0 Å². The van der Waals surface area contributed by atoms with Crippen molar-refractivity contribution >= 4 is 5.97 Å². The third-order valence-corrected chi connectivity index (χ3v) is 1.61. The molecule has 2 nitrogen and oxygen atoms in total. The lowest BCUT2D eigenvalue weighted by Crippen LogP contribution is -1.90. The predicted octanol–water partition coefficient (Wildman–Crippen LogP) is 1.82. The zero-order valence-electron chi connectivity index (χ0n) is 7.37. The lowest BCUT2D eigenvalue weighted by Gasteiger charge is -1.94. The third-order valence-electron chi connectivity index (χ3n) is 1.61. The summed E-state index contributed by atoms with van der Waals surface area (Å²) in [5.41, 5.74) is 1.96. The molecule has 13 heavy (non-hydrogen) atoms. The SMILES string of the molecule is Cc1ccccc1C#CCC(=O)O. The first-order valence-corrected chi connectivity index (χ1v) is 3.96. The lowest BCUT2D eigenvalue weighted by atomic mass is 10.1. The molecule has 0 bridgehead atoms. The first-order valence-electron chi connectivity index (χ1n) is 3.96. The van der Waals surface area contributed by atoms with Gasteiger partial charge in [0.25, 0.3) is 0 Å². The van der Waals surface area contributed by atoms with Crippen molar-refractivity contribution in [2.24, 2.45) is 0 Å². The molecule has 1 aromatic rings. The van der Waals surface area contributed by atoms with E-state index < -0.39 is 5.97 Å². The Bertz CT molecular complexity index is 369. The van der Waals surface area contributed by atoms with Crippen molar-refractivity contribution in [3.8, 4) is 11.8 Å². The van der Waals surface area contributed by atoms with Gasteiger partial charge in [0.2, 0.25) is 0 Å². The molecule has 0 aliphatic rings. The number of aryl methyl sites for hydroxylation is 1. The average molecular weight is 174 g/mol. The number of aliphatic carboxylic acids is 1. The van der Waals surface area contributed by atoms with Crippen LogP contribution in [0.15, 0.2) is 24.3 Å². The number of carbonyl (C=O) groups is 1. The Labute approximate surface area is 77.2 Å². The molecule has 1 aromatic carbocycles. The van der Waals surface area contributed by atoms with Crippen LogP contribution in [0.25, 0.3) is 0 Å². The van der Waals surface area contributed by atoms with Crippen molar-refractivity contribution in [3.05, 3.63) is 35.4 Å². The van der Waals surface area contributed by atoms with E-state index in [2.05, 4.69) is 11.8 Å². The summed E-state index contributed by atoms with van der Waals surface area (Å²) in [6, 6.07) is 7.64. The van der Waals surface area contributed by atoms with Crippen LogP contribution in [0, 0.1) is 18.8 Å². The molecular formula is C11H10O2. The van der Waals surface area contributed by atoms with Gasteiger partial charge >= 0.3 is 5.97 Å². The van der Waals surface area contributed by atoms with E-state index in [0.717, 1.165) is 11.1 Å². The molecule has 1 N–H and O–H groups in total. The van der Waals surface area contributed by atoms with Gasteiger partial charge in [0.1, 0.15) is 6.42 Å². The van der Waals surface area contributed by atoms with Crippen LogP contribution >= 0.6 is 0 Å². The zero-order chi connectivity index (χ0) is 9.68. The Balaban J connectivity index is 2.77. The molecule has 0 heterocycles. The van der Waals surface area contributed by atoms with Gasteiger partial charge in [-0.3, -0.25) is 4.79 Å². The van der Waals surface area contributed by atoms with E-state index in [0.29, 0.717) is 0 Å². The molecule has 1 rings (SSSR count). The molecule has 2 heteroatoms. The molecule has 0 aromatic heterocycles. The van der Waals surface area contributed by atoms with E-state index in [9.17, 15) is 4.79 Å². The second-order valence-corrected chi connectivity index (χ2v) is 2.69. The van der Waals surface area contributed by atoms with Crippen LogP contribution in [-0.4, -0.2) is 11.1 Å². The molecule has 66 valence electrons. The summed E-state index contributed by atoms with van der Waals surface area (Å²) in [5.74, 6) is 4.52. The van der Waals surface area contributed by atoms with Crippen molar-refractivity contribution in [2.45, 2.75) is 13.3 Å². The van der Waals surface area contributed by atoms with Crippen LogP contribution in [0.1, 0.15) is 17.5 Å². The summed E-state index contributed by atoms with van der Waals surface area (Å²) in [6.45, 7) is 1.95. The molecule has 0 saturated carbocycles.